The maximum atomic E-state index is 12.5. The number of halogens is 1. The van der Waals surface area contributed by atoms with Crippen LogP contribution in [0.2, 0.25) is 0 Å². The Bertz CT molecular complexity index is 844. The monoisotopic (exact) mass is 422 g/mol. The van der Waals surface area contributed by atoms with Gasteiger partial charge in [0.25, 0.3) is 5.91 Å². The van der Waals surface area contributed by atoms with Gasteiger partial charge in [0.2, 0.25) is 0 Å². The lowest BCUT2D eigenvalue weighted by atomic mass is 10.2. The molecule has 0 radical (unpaired) electrons. The normalized spacial score (nSPS) is 10.8. The van der Waals surface area contributed by atoms with Crippen LogP contribution in [-0.4, -0.2) is 11.1 Å². The van der Waals surface area contributed by atoms with E-state index >= 15 is 0 Å². The van der Waals surface area contributed by atoms with E-state index in [1.165, 1.54) is 0 Å². The summed E-state index contributed by atoms with van der Waals surface area (Å²) in [4.78, 5) is 14.5. The number of nitrogens with one attached hydrogen (secondary N) is 1. The molecular weight excluding hydrogens is 408 g/mol. The molecule has 0 unspecified atom stereocenters. The summed E-state index contributed by atoms with van der Waals surface area (Å²) >= 11 is 6.60. The summed E-state index contributed by atoms with van der Waals surface area (Å²) in [6.07, 6.45) is 0. The number of thiophene rings is 1. The van der Waals surface area contributed by atoms with Gasteiger partial charge >= 0.3 is 0 Å². The van der Waals surface area contributed by atoms with E-state index in [4.69, 9.17) is 4.52 Å². The Balaban J connectivity index is 1.65. The Morgan fingerprint density at radius 1 is 1.38 bits per heavy atom. The first-order valence-electron chi connectivity index (χ1n) is 7.27. The van der Waals surface area contributed by atoms with Crippen molar-refractivity contribution >= 4 is 44.9 Å². The topological polar surface area (TPSA) is 55.1 Å². The lowest BCUT2D eigenvalue weighted by Crippen LogP contribution is -2.22. The zero-order valence-electron chi connectivity index (χ0n) is 12.9. The Labute approximate surface area is 156 Å². The summed E-state index contributed by atoms with van der Waals surface area (Å²) < 4.78 is 6.26. The first kappa shape index (κ1) is 17.3. The number of thioether (sulfide) groups is 1. The molecule has 3 rings (SSSR count). The van der Waals surface area contributed by atoms with E-state index in [2.05, 4.69) is 26.4 Å². The van der Waals surface area contributed by atoms with Gasteiger partial charge in [0.15, 0.2) is 0 Å². The largest absolute Gasteiger partial charge is 0.360 e. The van der Waals surface area contributed by atoms with E-state index in [9.17, 15) is 4.79 Å². The van der Waals surface area contributed by atoms with Gasteiger partial charge in [-0.3, -0.25) is 4.79 Å². The van der Waals surface area contributed by atoms with Crippen LogP contribution < -0.4 is 5.32 Å². The van der Waals surface area contributed by atoms with Crippen molar-refractivity contribution in [2.45, 2.75) is 24.1 Å². The van der Waals surface area contributed by atoms with Crippen LogP contribution in [0.4, 0.5) is 0 Å². The predicted octanol–water partition coefficient (Wildman–Crippen LogP) is 5.03. The van der Waals surface area contributed by atoms with Crippen molar-refractivity contribution in [3.8, 4) is 0 Å². The fraction of sp³-hybridized carbons (Fsp3) is 0.176. The first-order chi connectivity index (χ1) is 11.6. The molecule has 0 aliphatic heterocycles. The fourth-order valence-electron chi connectivity index (χ4n) is 2.12. The number of aromatic nitrogens is 1. The second-order valence-electron chi connectivity index (χ2n) is 5.13. The summed E-state index contributed by atoms with van der Waals surface area (Å²) in [6, 6.07) is 11.5. The highest BCUT2D eigenvalue weighted by molar-refractivity contribution is 9.10. The number of amides is 1. The number of rotatable bonds is 6. The summed E-state index contributed by atoms with van der Waals surface area (Å²) in [5.41, 5.74) is 1.54. The second-order valence-corrected chi connectivity index (χ2v) is 8.06. The van der Waals surface area contributed by atoms with Crippen molar-refractivity contribution in [1.82, 2.24) is 10.5 Å². The minimum absolute atomic E-state index is 0.0728. The van der Waals surface area contributed by atoms with Crippen LogP contribution in [0, 0.1) is 6.92 Å². The number of aryl methyl sites for hydroxylation is 1. The molecule has 0 aliphatic carbocycles. The molecule has 0 atom stereocenters. The van der Waals surface area contributed by atoms with Crippen LogP contribution in [0.3, 0.4) is 0 Å². The number of benzene rings is 1. The minimum Gasteiger partial charge on any atom is -0.360 e. The maximum absolute atomic E-state index is 12.5. The first-order valence-corrected chi connectivity index (χ1v) is 9.93. The zero-order chi connectivity index (χ0) is 16.9. The molecule has 0 bridgehead atoms. The second kappa shape index (κ2) is 8.00. The van der Waals surface area contributed by atoms with Crippen LogP contribution in [0.5, 0.6) is 0 Å². The van der Waals surface area contributed by atoms with Gasteiger partial charge in [-0.05, 0) is 41.1 Å². The van der Waals surface area contributed by atoms with Gasteiger partial charge in [0, 0.05) is 25.7 Å². The zero-order valence-corrected chi connectivity index (χ0v) is 16.1. The van der Waals surface area contributed by atoms with Crippen molar-refractivity contribution in [2.75, 3.05) is 0 Å². The highest BCUT2D eigenvalue weighted by Crippen LogP contribution is 2.27. The third-order valence-corrected chi connectivity index (χ3v) is 6.02. The van der Waals surface area contributed by atoms with Gasteiger partial charge in [-0.2, -0.15) is 0 Å². The molecule has 0 fully saturated rings. The molecule has 3 aromatic rings. The number of carbonyl (C=O) groups excluding carboxylic acids is 1. The highest BCUT2D eigenvalue weighted by Gasteiger charge is 2.12. The van der Waals surface area contributed by atoms with Crippen LogP contribution in [-0.2, 0) is 12.3 Å². The maximum Gasteiger partial charge on any atom is 0.252 e. The van der Waals surface area contributed by atoms with E-state index in [0.29, 0.717) is 17.9 Å². The van der Waals surface area contributed by atoms with E-state index in [0.717, 1.165) is 25.7 Å². The minimum atomic E-state index is -0.0728. The van der Waals surface area contributed by atoms with Crippen molar-refractivity contribution in [2.24, 2.45) is 0 Å². The number of hydrogen-bond donors (Lipinski definition) is 1. The summed E-state index contributed by atoms with van der Waals surface area (Å²) in [5, 5.41) is 8.86. The standard InChI is InChI=1S/C17H15BrN2O2S2/c1-11-6-13(22-20-11)10-24-16-5-3-2-4-15(16)17(21)19-8-14-7-12(18)9-23-14/h2-7,9H,8,10H2,1H3,(H,19,21). The number of nitrogens with zero attached hydrogens (tertiary/aromatic N) is 1. The summed E-state index contributed by atoms with van der Waals surface area (Å²) in [6.45, 7) is 2.41. The summed E-state index contributed by atoms with van der Waals surface area (Å²) in [7, 11) is 0. The lowest BCUT2D eigenvalue weighted by Gasteiger charge is -2.08. The smallest absolute Gasteiger partial charge is 0.252 e. The molecule has 0 saturated heterocycles. The lowest BCUT2D eigenvalue weighted by molar-refractivity contribution is 0.0948. The Morgan fingerprint density at radius 3 is 2.92 bits per heavy atom. The molecule has 0 spiro atoms. The number of hydrogen-bond acceptors (Lipinski definition) is 5. The quantitative estimate of drug-likeness (QED) is 0.565. The molecule has 1 aromatic carbocycles. The van der Waals surface area contributed by atoms with Crippen LogP contribution in [0.1, 0.15) is 26.7 Å². The molecule has 1 N–H and O–H groups in total. The van der Waals surface area contributed by atoms with Crippen molar-refractivity contribution < 1.29 is 9.32 Å². The molecule has 2 heterocycles. The van der Waals surface area contributed by atoms with Gasteiger partial charge in [0.1, 0.15) is 5.76 Å². The van der Waals surface area contributed by atoms with Gasteiger partial charge in [-0.15, -0.1) is 23.1 Å². The molecule has 1 amide bonds. The molecule has 2 aromatic heterocycles. The van der Waals surface area contributed by atoms with Crippen molar-refractivity contribution in [3.05, 3.63) is 68.1 Å². The Morgan fingerprint density at radius 2 is 2.21 bits per heavy atom. The predicted molar refractivity (Wildman–Crippen MR) is 100 cm³/mol. The molecule has 4 nitrogen and oxygen atoms in total. The van der Waals surface area contributed by atoms with Gasteiger partial charge in [-0.25, -0.2) is 0 Å². The molecule has 124 valence electrons. The Hall–Kier alpha value is -1.57. The molecule has 0 saturated carbocycles. The van der Waals surface area contributed by atoms with E-state index in [1.54, 1.807) is 23.1 Å². The molecular formula is C17H15BrN2O2S2. The molecule has 7 heteroatoms. The molecule has 24 heavy (non-hydrogen) atoms. The van der Waals surface area contributed by atoms with Gasteiger partial charge in [0.05, 0.1) is 23.6 Å². The highest BCUT2D eigenvalue weighted by atomic mass is 79.9. The van der Waals surface area contributed by atoms with Gasteiger partial charge in [-0.1, -0.05) is 17.3 Å². The van der Waals surface area contributed by atoms with E-state index < -0.39 is 0 Å². The van der Waals surface area contributed by atoms with E-state index in [-0.39, 0.29) is 5.91 Å². The number of carbonyl (C=O) groups is 1. The average molecular weight is 423 g/mol. The van der Waals surface area contributed by atoms with Crippen LogP contribution in [0.15, 0.2) is 55.7 Å². The van der Waals surface area contributed by atoms with Crippen molar-refractivity contribution in [1.29, 1.82) is 0 Å². The average Bonchev–Trinajstić information content (AvgIpc) is 3.19. The molecule has 0 aliphatic rings. The van der Waals surface area contributed by atoms with Crippen molar-refractivity contribution in [3.63, 3.8) is 0 Å². The SMILES string of the molecule is Cc1cc(CSc2ccccc2C(=O)NCc2cc(Br)cs2)on1. The Kier molecular flexibility index (Phi) is 5.76. The van der Waals surface area contributed by atoms with Crippen LogP contribution in [0.25, 0.3) is 0 Å². The van der Waals surface area contributed by atoms with Gasteiger partial charge < -0.3 is 9.84 Å². The third-order valence-electron chi connectivity index (χ3n) is 3.22. The van der Waals surface area contributed by atoms with E-state index in [1.807, 2.05) is 48.7 Å². The summed E-state index contributed by atoms with van der Waals surface area (Å²) in [5.74, 6) is 1.37. The fourth-order valence-corrected chi connectivity index (χ4v) is 4.44. The van der Waals surface area contributed by atoms with Crippen LogP contribution >= 0.6 is 39.0 Å². The third kappa shape index (κ3) is 4.49.